The fourth-order valence-corrected chi connectivity index (χ4v) is 1.02. The highest BCUT2D eigenvalue weighted by Crippen LogP contribution is 2.28. The van der Waals surface area contributed by atoms with Crippen LogP contribution in [0.2, 0.25) is 0 Å². The zero-order valence-corrected chi connectivity index (χ0v) is 7.06. The summed E-state index contributed by atoms with van der Waals surface area (Å²) in [6.07, 6.45) is 4.53. The molecule has 2 N–H and O–H groups in total. The highest BCUT2D eigenvalue weighted by molar-refractivity contribution is 5.79. The predicted molar refractivity (Wildman–Crippen MR) is 47.7 cm³/mol. The number of anilines is 1. The molecule has 1 heterocycles. The number of rotatable bonds is 3. The van der Waals surface area contributed by atoms with Gasteiger partial charge in [0.1, 0.15) is 11.6 Å². The van der Waals surface area contributed by atoms with Crippen molar-refractivity contribution < 1.29 is 9.53 Å². The molecule has 1 aliphatic carbocycles. The van der Waals surface area contributed by atoms with Crippen LogP contribution in [0.25, 0.3) is 0 Å². The SMILES string of the molecule is Nc1cc(OC2CC2)c(C=O)cn1. The molecule has 1 aromatic rings. The summed E-state index contributed by atoms with van der Waals surface area (Å²) < 4.78 is 5.48. The lowest BCUT2D eigenvalue weighted by atomic mass is 10.3. The number of hydrogen-bond acceptors (Lipinski definition) is 4. The van der Waals surface area contributed by atoms with E-state index in [4.69, 9.17) is 10.5 Å². The summed E-state index contributed by atoms with van der Waals surface area (Å²) in [6.45, 7) is 0. The first-order valence-corrected chi connectivity index (χ1v) is 4.17. The number of nitrogens with zero attached hydrogens (tertiary/aromatic N) is 1. The number of nitrogen functional groups attached to an aromatic ring is 1. The number of carbonyl (C=O) groups excluding carboxylic acids is 1. The van der Waals surface area contributed by atoms with Gasteiger partial charge in [0.15, 0.2) is 6.29 Å². The third-order valence-electron chi connectivity index (χ3n) is 1.86. The van der Waals surface area contributed by atoms with Gasteiger partial charge in [-0.05, 0) is 12.8 Å². The minimum atomic E-state index is 0.264. The molecule has 0 bridgehead atoms. The quantitative estimate of drug-likeness (QED) is 0.702. The number of aromatic nitrogens is 1. The van der Waals surface area contributed by atoms with E-state index in [0.29, 0.717) is 17.1 Å². The van der Waals surface area contributed by atoms with E-state index in [0.717, 1.165) is 19.1 Å². The van der Waals surface area contributed by atoms with Crippen molar-refractivity contribution in [3.8, 4) is 5.75 Å². The molecule has 0 aromatic carbocycles. The van der Waals surface area contributed by atoms with Crippen molar-refractivity contribution in [1.82, 2.24) is 4.98 Å². The van der Waals surface area contributed by atoms with E-state index in [9.17, 15) is 4.79 Å². The Hall–Kier alpha value is -1.58. The molecule has 13 heavy (non-hydrogen) atoms. The Labute approximate surface area is 75.7 Å². The van der Waals surface area contributed by atoms with Gasteiger partial charge in [-0.2, -0.15) is 0 Å². The topological polar surface area (TPSA) is 65.2 Å². The average Bonchev–Trinajstić information content (AvgIpc) is 2.89. The third-order valence-corrected chi connectivity index (χ3v) is 1.86. The molecule has 0 saturated heterocycles. The highest BCUT2D eigenvalue weighted by atomic mass is 16.5. The molecule has 4 heteroatoms. The summed E-state index contributed by atoms with van der Waals surface area (Å²) in [5.74, 6) is 0.922. The molecular weight excluding hydrogens is 168 g/mol. The number of ether oxygens (including phenoxy) is 1. The molecular formula is C9H10N2O2. The molecule has 1 fully saturated rings. The van der Waals surface area contributed by atoms with Gasteiger partial charge < -0.3 is 10.5 Å². The summed E-state index contributed by atoms with van der Waals surface area (Å²) >= 11 is 0. The Morgan fingerprint density at radius 2 is 2.38 bits per heavy atom. The maximum absolute atomic E-state index is 10.6. The summed E-state index contributed by atoms with van der Waals surface area (Å²) in [5.41, 5.74) is 5.93. The lowest BCUT2D eigenvalue weighted by molar-refractivity contribution is 0.111. The van der Waals surface area contributed by atoms with E-state index >= 15 is 0 Å². The number of pyridine rings is 1. The van der Waals surface area contributed by atoms with Crippen LogP contribution in [0, 0.1) is 0 Å². The first kappa shape index (κ1) is 8.04. The number of carbonyl (C=O) groups is 1. The first-order valence-electron chi connectivity index (χ1n) is 4.17. The minimum absolute atomic E-state index is 0.264. The van der Waals surface area contributed by atoms with Gasteiger partial charge in [0, 0.05) is 12.3 Å². The average molecular weight is 178 g/mol. The van der Waals surface area contributed by atoms with E-state index in [1.807, 2.05) is 0 Å². The summed E-state index contributed by atoms with van der Waals surface area (Å²) in [5, 5.41) is 0. The molecule has 0 unspecified atom stereocenters. The minimum Gasteiger partial charge on any atom is -0.489 e. The van der Waals surface area contributed by atoms with Crippen molar-refractivity contribution in [2.75, 3.05) is 5.73 Å². The maximum atomic E-state index is 10.6. The Morgan fingerprint density at radius 1 is 1.62 bits per heavy atom. The van der Waals surface area contributed by atoms with Crippen LogP contribution in [-0.2, 0) is 0 Å². The van der Waals surface area contributed by atoms with Gasteiger partial charge in [-0.25, -0.2) is 4.98 Å². The standard InChI is InChI=1S/C9H10N2O2/c10-9-3-8(13-7-1-2-7)6(5-12)4-11-9/h3-5,7H,1-2H2,(H2,10,11). The van der Waals surface area contributed by atoms with Gasteiger partial charge in [-0.3, -0.25) is 4.79 Å². The van der Waals surface area contributed by atoms with Crippen LogP contribution >= 0.6 is 0 Å². The summed E-state index contributed by atoms with van der Waals surface area (Å²) in [6, 6.07) is 1.59. The second kappa shape index (κ2) is 3.05. The zero-order valence-electron chi connectivity index (χ0n) is 7.06. The molecule has 0 radical (unpaired) electrons. The van der Waals surface area contributed by atoms with Crippen molar-refractivity contribution in [3.05, 3.63) is 17.8 Å². The summed E-state index contributed by atoms with van der Waals surface area (Å²) in [4.78, 5) is 14.4. The molecule has 1 saturated carbocycles. The van der Waals surface area contributed by atoms with Crippen molar-refractivity contribution in [3.63, 3.8) is 0 Å². The van der Waals surface area contributed by atoms with Gasteiger partial charge in [-0.15, -0.1) is 0 Å². The van der Waals surface area contributed by atoms with Crippen LogP contribution in [0.3, 0.4) is 0 Å². The summed E-state index contributed by atoms with van der Waals surface area (Å²) in [7, 11) is 0. The Morgan fingerprint density at radius 3 is 3.00 bits per heavy atom. The van der Waals surface area contributed by atoms with Gasteiger partial charge >= 0.3 is 0 Å². The Kier molecular flexibility index (Phi) is 1.88. The lowest BCUT2D eigenvalue weighted by Crippen LogP contribution is -2.01. The molecule has 68 valence electrons. The van der Waals surface area contributed by atoms with Crippen LogP contribution in [0.1, 0.15) is 23.2 Å². The Balaban J connectivity index is 2.27. The number of hydrogen-bond donors (Lipinski definition) is 1. The molecule has 0 amide bonds. The van der Waals surface area contributed by atoms with Crippen molar-refractivity contribution in [2.24, 2.45) is 0 Å². The van der Waals surface area contributed by atoms with E-state index < -0.39 is 0 Å². The monoisotopic (exact) mass is 178 g/mol. The third kappa shape index (κ3) is 1.77. The second-order valence-corrected chi connectivity index (χ2v) is 3.08. The van der Waals surface area contributed by atoms with Crippen LogP contribution in [-0.4, -0.2) is 17.4 Å². The van der Waals surface area contributed by atoms with Crippen molar-refractivity contribution >= 4 is 12.1 Å². The van der Waals surface area contributed by atoms with Gasteiger partial charge in [0.05, 0.1) is 11.7 Å². The van der Waals surface area contributed by atoms with Gasteiger partial charge in [-0.1, -0.05) is 0 Å². The molecule has 4 nitrogen and oxygen atoms in total. The molecule has 0 atom stereocenters. The zero-order chi connectivity index (χ0) is 9.26. The normalized spacial score (nSPS) is 15.4. The van der Waals surface area contributed by atoms with Gasteiger partial charge in [0.25, 0.3) is 0 Å². The number of nitrogens with two attached hydrogens (primary N) is 1. The predicted octanol–water partition coefficient (Wildman–Crippen LogP) is 1.02. The van der Waals surface area contributed by atoms with Crippen molar-refractivity contribution in [1.29, 1.82) is 0 Å². The fraction of sp³-hybridized carbons (Fsp3) is 0.333. The Bertz CT molecular complexity index is 334. The highest BCUT2D eigenvalue weighted by Gasteiger charge is 2.24. The van der Waals surface area contributed by atoms with Crippen LogP contribution in [0.15, 0.2) is 12.3 Å². The molecule has 1 aromatic heterocycles. The fourth-order valence-electron chi connectivity index (χ4n) is 1.02. The van der Waals surface area contributed by atoms with E-state index in [1.165, 1.54) is 6.20 Å². The molecule has 0 aliphatic heterocycles. The van der Waals surface area contributed by atoms with E-state index in [2.05, 4.69) is 4.98 Å². The van der Waals surface area contributed by atoms with E-state index in [-0.39, 0.29) is 6.10 Å². The largest absolute Gasteiger partial charge is 0.489 e. The van der Waals surface area contributed by atoms with Crippen LogP contribution < -0.4 is 10.5 Å². The van der Waals surface area contributed by atoms with Crippen LogP contribution in [0.4, 0.5) is 5.82 Å². The first-order chi connectivity index (χ1) is 6.29. The number of aldehydes is 1. The molecule has 0 spiro atoms. The van der Waals surface area contributed by atoms with E-state index in [1.54, 1.807) is 6.07 Å². The molecule has 1 aliphatic rings. The van der Waals surface area contributed by atoms with Gasteiger partial charge in [0.2, 0.25) is 0 Å². The van der Waals surface area contributed by atoms with Crippen molar-refractivity contribution in [2.45, 2.75) is 18.9 Å². The smallest absolute Gasteiger partial charge is 0.155 e. The second-order valence-electron chi connectivity index (χ2n) is 3.08. The van der Waals surface area contributed by atoms with Crippen LogP contribution in [0.5, 0.6) is 5.75 Å². The molecule has 2 rings (SSSR count). The lowest BCUT2D eigenvalue weighted by Gasteiger charge is -2.06. The maximum Gasteiger partial charge on any atom is 0.155 e.